The van der Waals surface area contributed by atoms with Gasteiger partial charge in [-0.3, -0.25) is 38.4 Å². The third-order valence-corrected chi connectivity index (χ3v) is 8.66. The molecule has 61 heavy (non-hydrogen) atoms. The van der Waals surface area contributed by atoms with Crippen LogP contribution in [0.15, 0.2) is 12.7 Å². The van der Waals surface area contributed by atoms with Gasteiger partial charge in [-0.2, -0.15) is 0 Å². The lowest BCUT2D eigenvalue weighted by Gasteiger charge is -2.48. The summed E-state index contributed by atoms with van der Waals surface area (Å²) >= 11 is 0. The first-order valence-electron chi connectivity index (χ1n) is 18.7. The Balaban J connectivity index is 2.05. The van der Waals surface area contributed by atoms with Gasteiger partial charge in [0.15, 0.2) is 55.5 Å². The van der Waals surface area contributed by atoms with Gasteiger partial charge in [-0.05, 0) is 0 Å². The van der Waals surface area contributed by atoms with Crippen LogP contribution in [0.4, 0.5) is 0 Å². The molecule has 3 aliphatic heterocycles. The normalized spacial score (nSPS) is 33.4. The quantitative estimate of drug-likeness (QED) is 0.0872. The van der Waals surface area contributed by atoms with Crippen LogP contribution in [0.5, 0.6) is 0 Å². The molecule has 15 atom stereocenters. The maximum absolute atomic E-state index is 12.4. The molecule has 24 heteroatoms. The van der Waals surface area contributed by atoms with E-state index in [1.165, 1.54) is 6.08 Å². The fraction of sp³-hybridized carbons (Fsp3) is 0.730. The lowest BCUT2D eigenvalue weighted by Crippen LogP contribution is -2.67. The van der Waals surface area contributed by atoms with E-state index in [9.17, 15) is 48.6 Å². The molecule has 0 amide bonds. The Hall–Kier alpha value is -4.82. The fourth-order valence-corrected chi connectivity index (χ4v) is 6.52. The van der Waals surface area contributed by atoms with Gasteiger partial charge in [0.05, 0.1) is 13.2 Å². The van der Waals surface area contributed by atoms with Crippen molar-refractivity contribution in [3.05, 3.63) is 12.7 Å². The summed E-state index contributed by atoms with van der Waals surface area (Å²) in [5, 5.41) is 23.1. The third kappa shape index (κ3) is 14.9. The Labute approximate surface area is 349 Å². The summed E-state index contributed by atoms with van der Waals surface area (Å²) < 4.78 is 78.1. The monoisotopic (exact) mass is 880 g/mol. The van der Waals surface area contributed by atoms with Gasteiger partial charge in [-0.15, -0.1) is 6.58 Å². The second-order valence-corrected chi connectivity index (χ2v) is 13.7. The molecule has 0 bridgehead atoms. The number of rotatable bonds is 18. The number of carbonyl (C=O) groups excluding carboxylic acids is 8. The van der Waals surface area contributed by atoms with Crippen molar-refractivity contribution < 1.29 is 115 Å². The summed E-state index contributed by atoms with van der Waals surface area (Å²) in [6, 6.07) is 0. The zero-order valence-corrected chi connectivity index (χ0v) is 34.6. The van der Waals surface area contributed by atoms with E-state index in [1.54, 1.807) is 0 Å². The van der Waals surface area contributed by atoms with Crippen LogP contribution in [0.3, 0.4) is 0 Å². The number of esters is 8. The van der Waals surface area contributed by atoms with Gasteiger partial charge >= 0.3 is 47.8 Å². The van der Waals surface area contributed by atoms with Crippen molar-refractivity contribution in [2.45, 2.75) is 148 Å². The largest absolute Gasteiger partial charge is 0.463 e. The van der Waals surface area contributed by atoms with Crippen LogP contribution in [-0.2, 0) is 105 Å². The summed E-state index contributed by atoms with van der Waals surface area (Å²) in [5.41, 5.74) is 0. The molecule has 3 rings (SSSR count). The van der Waals surface area contributed by atoms with Gasteiger partial charge in [0.2, 0.25) is 0 Å². The smallest absolute Gasteiger partial charge is 0.303 e. The van der Waals surface area contributed by atoms with Crippen LogP contribution < -0.4 is 0 Å². The van der Waals surface area contributed by atoms with Crippen LogP contribution in [0.25, 0.3) is 0 Å². The maximum Gasteiger partial charge on any atom is 0.303 e. The number of hydrogen-bond donors (Lipinski definition) is 2. The van der Waals surface area contributed by atoms with E-state index in [1.807, 2.05) is 0 Å². The zero-order valence-electron chi connectivity index (χ0n) is 34.6. The van der Waals surface area contributed by atoms with Crippen molar-refractivity contribution in [1.29, 1.82) is 0 Å². The Kier molecular flexibility index (Phi) is 19.4. The van der Waals surface area contributed by atoms with Crippen molar-refractivity contribution in [2.75, 3.05) is 26.4 Å². The molecule has 0 aromatic heterocycles. The first kappa shape index (κ1) is 50.5. The van der Waals surface area contributed by atoms with E-state index in [0.717, 1.165) is 55.4 Å². The SMILES string of the molecule is C=CCOC1C(O)OC(COC2OC(COC(C)=O)C(OC(C)=O)C(OC(C)=O)C2OC(C)=O)C(O)C1OC1OC(COC(C)=O)C(OC(C)=O)C(OC(C)=O)C1OC(C)=O. The minimum Gasteiger partial charge on any atom is -0.463 e. The molecule has 0 saturated carbocycles. The predicted octanol–water partition coefficient (Wildman–Crippen LogP) is -1.80. The molecule has 0 spiro atoms. The first-order chi connectivity index (χ1) is 28.6. The summed E-state index contributed by atoms with van der Waals surface area (Å²) in [5.74, 6) is -7.03. The van der Waals surface area contributed by atoms with Crippen molar-refractivity contribution in [3.63, 3.8) is 0 Å². The molecule has 0 aromatic carbocycles. The molecule has 24 nitrogen and oxygen atoms in total. The minimum absolute atomic E-state index is 0.248. The van der Waals surface area contributed by atoms with Gasteiger partial charge in [0, 0.05) is 55.4 Å². The highest BCUT2D eigenvalue weighted by Gasteiger charge is 2.57. The molecule has 0 radical (unpaired) electrons. The van der Waals surface area contributed by atoms with Crippen LogP contribution >= 0.6 is 0 Å². The summed E-state index contributed by atoms with van der Waals surface area (Å²) in [6.45, 7) is 9.65. The molecule has 2 N–H and O–H groups in total. The number of carbonyl (C=O) groups is 8. The van der Waals surface area contributed by atoms with E-state index < -0.39 is 160 Å². The van der Waals surface area contributed by atoms with Crippen molar-refractivity contribution in [1.82, 2.24) is 0 Å². The molecule has 344 valence electrons. The van der Waals surface area contributed by atoms with Crippen LogP contribution in [0, 0.1) is 0 Å². The molecular formula is C37H52O24. The highest BCUT2D eigenvalue weighted by atomic mass is 16.8. The second-order valence-electron chi connectivity index (χ2n) is 13.7. The molecule has 3 saturated heterocycles. The molecule has 15 unspecified atom stereocenters. The second kappa shape index (κ2) is 23.4. The van der Waals surface area contributed by atoms with Gasteiger partial charge in [0.25, 0.3) is 0 Å². The van der Waals surface area contributed by atoms with E-state index in [0.29, 0.717) is 0 Å². The zero-order chi connectivity index (χ0) is 45.7. The standard InChI is InChI=1S/C37H52O24/c1-10-11-48-32-29(61-37-34(57-22(9)45)31(55-20(7)43)28(53-18(5)41)25(60-37)14-50-16(3)39)26(46)23(58-35(32)47)12-51-36-33(56-21(8)44)30(54-19(6)42)27(52-17(4)40)24(59-36)13-49-15(2)38/h10,23-37,46-47H,1,11-14H2,2-9H3. The molecule has 3 aliphatic rings. The Morgan fingerprint density at radius 1 is 0.459 bits per heavy atom. The van der Waals surface area contributed by atoms with Crippen LogP contribution in [-0.4, -0.2) is 177 Å². The molecule has 3 heterocycles. The van der Waals surface area contributed by atoms with Crippen LogP contribution in [0.1, 0.15) is 55.4 Å². The highest BCUT2D eigenvalue weighted by molar-refractivity contribution is 5.70. The van der Waals surface area contributed by atoms with Gasteiger partial charge < -0.3 is 76.5 Å². The first-order valence-corrected chi connectivity index (χ1v) is 18.7. The lowest BCUT2D eigenvalue weighted by atomic mass is 9.96. The minimum atomic E-state index is -1.94. The maximum atomic E-state index is 12.4. The molecule has 0 aromatic rings. The lowest BCUT2D eigenvalue weighted by molar-refractivity contribution is -0.365. The molecule has 0 aliphatic carbocycles. The fourth-order valence-electron chi connectivity index (χ4n) is 6.52. The van der Waals surface area contributed by atoms with Gasteiger partial charge in [-0.25, -0.2) is 0 Å². The average Bonchev–Trinajstić information content (AvgIpc) is 3.13. The van der Waals surface area contributed by atoms with Gasteiger partial charge in [0.1, 0.15) is 49.8 Å². The molecule has 3 fully saturated rings. The van der Waals surface area contributed by atoms with Crippen molar-refractivity contribution in [3.8, 4) is 0 Å². The van der Waals surface area contributed by atoms with Crippen LogP contribution in [0.2, 0.25) is 0 Å². The van der Waals surface area contributed by atoms with Crippen molar-refractivity contribution >= 4 is 47.8 Å². The topological polar surface area (TPSA) is 306 Å². The summed E-state index contributed by atoms with van der Waals surface area (Å²) in [6.07, 6.45) is -23.7. The molecular weight excluding hydrogens is 828 g/mol. The highest BCUT2D eigenvalue weighted by Crippen LogP contribution is 2.35. The predicted molar refractivity (Wildman–Crippen MR) is 192 cm³/mol. The number of hydrogen-bond acceptors (Lipinski definition) is 24. The Bertz CT molecular complexity index is 1580. The third-order valence-electron chi connectivity index (χ3n) is 8.66. The number of aliphatic hydroxyl groups excluding tert-OH is 2. The number of ether oxygens (including phenoxy) is 14. The Morgan fingerprint density at radius 2 is 0.852 bits per heavy atom. The summed E-state index contributed by atoms with van der Waals surface area (Å²) in [4.78, 5) is 97.2. The van der Waals surface area contributed by atoms with Crippen molar-refractivity contribution in [2.24, 2.45) is 0 Å². The van der Waals surface area contributed by atoms with Gasteiger partial charge in [-0.1, -0.05) is 6.08 Å². The van der Waals surface area contributed by atoms with E-state index >= 15 is 0 Å². The number of aliphatic hydroxyl groups is 2. The van der Waals surface area contributed by atoms with E-state index in [4.69, 9.17) is 66.3 Å². The summed E-state index contributed by atoms with van der Waals surface area (Å²) in [7, 11) is 0. The van der Waals surface area contributed by atoms with E-state index in [-0.39, 0.29) is 6.61 Å². The van der Waals surface area contributed by atoms with E-state index in [2.05, 4.69) is 6.58 Å². The average molecular weight is 881 g/mol. The Morgan fingerprint density at radius 3 is 1.26 bits per heavy atom.